The largest absolute Gasteiger partial charge is 0.457 e. The molecule has 1 aliphatic carbocycles. The van der Waals surface area contributed by atoms with Gasteiger partial charge >= 0.3 is 0 Å². The first-order valence-corrected chi connectivity index (χ1v) is 12.1. The molecule has 32 heavy (non-hydrogen) atoms. The van der Waals surface area contributed by atoms with Crippen LogP contribution in [0.1, 0.15) is 37.7 Å². The van der Waals surface area contributed by atoms with Gasteiger partial charge in [0.2, 0.25) is 10.0 Å². The Morgan fingerprint density at radius 3 is 2.28 bits per heavy atom. The Morgan fingerprint density at radius 2 is 1.66 bits per heavy atom. The van der Waals surface area contributed by atoms with Crippen LogP contribution in [0.15, 0.2) is 53.4 Å². The number of hydrogen-bond acceptors (Lipinski definition) is 6. The smallest absolute Gasteiger partial charge is 0.262 e. The second-order valence-corrected chi connectivity index (χ2v) is 10.1. The Balaban J connectivity index is 1.56. The van der Waals surface area contributed by atoms with E-state index in [1.165, 1.54) is 16.4 Å². The molecule has 0 bridgehead atoms. The highest BCUT2D eigenvalue weighted by atomic mass is 32.2. The van der Waals surface area contributed by atoms with Gasteiger partial charge in [-0.05, 0) is 73.2 Å². The molecule has 3 atom stereocenters. The predicted octanol–water partition coefficient (Wildman–Crippen LogP) is 3.43. The molecule has 0 spiro atoms. The minimum Gasteiger partial charge on any atom is -0.457 e. The third-order valence-corrected chi connectivity index (χ3v) is 8.33. The number of carbonyl (C=O) groups is 1. The Hall–Kier alpha value is -2.93. The first kappa shape index (κ1) is 22.3. The monoisotopic (exact) mass is 455 g/mol. The van der Waals surface area contributed by atoms with Crippen molar-refractivity contribution in [1.82, 2.24) is 9.79 Å². The lowest BCUT2D eigenvalue weighted by molar-refractivity contribution is -0.138. The van der Waals surface area contributed by atoms with Crippen molar-refractivity contribution in [1.29, 1.82) is 5.26 Å². The molecular weight excluding hydrogens is 430 g/mol. The molecule has 2 aromatic rings. The van der Waals surface area contributed by atoms with E-state index in [2.05, 4.69) is 0 Å². The quantitative estimate of drug-likeness (QED) is 0.527. The van der Waals surface area contributed by atoms with Crippen molar-refractivity contribution in [2.45, 2.75) is 43.0 Å². The molecule has 4 rings (SSSR count). The number of benzene rings is 2. The Morgan fingerprint density at radius 1 is 1.03 bits per heavy atom. The normalized spacial score (nSPS) is 23.6. The van der Waals surface area contributed by atoms with Crippen molar-refractivity contribution in [2.24, 2.45) is 11.8 Å². The highest BCUT2D eigenvalue weighted by Crippen LogP contribution is 2.42. The van der Waals surface area contributed by atoms with Crippen LogP contribution in [0, 0.1) is 23.2 Å². The molecule has 3 unspecified atom stereocenters. The van der Waals surface area contributed by atoms with Crippen LogP contribution in [-0.4, -0.2) is 36.4 Å². The van der Waals surface area contributed by atoms with E-state index >= 15 is 0 Å². The van der Waals surface area contributed by atoms with Crippen LogP contribution >= 0.6 is 0 Å². The molecule has 8 nitrogen and oxygen atoms in total. The summed E-state index contributed by atoms with van der Waals surface area (Å²) in [5.74, 6) is 0.494. The molecule has 2 aliphatic rings. The van der Waals surface area contributed by atoms with Crippen LogP contribution in [-0.2, 0) is 14.8 Å². The van der Waals surface area contributed by atoms with Crippen molar-refractivity contribution in [3.63, 3.8) is 0 Å². The molecule has 168 valence electrons. The molecule has 1 aliphatic heterocycles. The average molecular weight is 456 g/mol. The molecule has 0 aromatic heterocycles. The van der Waals surface area contributed by atoms with Gasteiger partial charge < -0.3 is 4.74 Å². The fourth-order valence-electron chi connectivity index (χ4n) is 4.87. The maximum Gasteiger partial charge on any atom is 0.262 e. The SMILES string of the molecule is N#Cc1ccc(Oc2ccc(S(=O)(=O)N3CCC4CCCCC4C3C(=O)NO)cc2)cc1. The molecule has 9 heteroatoms. The first-order chi connectivity index (χ1) is 15.4. The van der Waals surface area contributed by atoms with Gasteiger partial charge in [0.05, 0.1) is 16.5 Å². The highest BCUT2D eigenvalue weighted by molar-refractivity contribution is 7.89. The molecule has 1 heterocycles. The van der Waals surface area contributed by atoms with Gasteiger partial charge in [-0.3, -0.25) is 10.0 Å². The van der Waals surface area contributed by atoms with Gasteiger partial charge in [0.25, 0.3) is 5.91 Å². The topological polar surface area (TPSA) is 120 Å². The summed E-state index contributed by atoms with van der Waals surface area (Å²) in [5.41, 5.74) is 2.20. The van der Waals surface area contributed by atoms with E-state index in [-0.39, 0.29) is 17.4 Å². The van der Waals surface area contributed by atoms with Gasteiger partial charge in [-0.1, -0.05) is 19.3 Å². The van der Waals surface area contributed by atoms with Crippen LogP contribution in [0.4, 0.5) is 0 Å². The third-order valence-electron chi connectivity index (χ3n) is 6.43. The van der Waals surface area contributed by atoms with Crippen LogP contribution in [0.2, 0.25) is 0 Å². The fraction of sp³-hybridized carbons (Fsp3) is 0.391. The van der Waals surface area contributed by atoms with Crippen molar-refractivity contribution in [3.05, 3.63) is 54.1 Å². The van der Waals surface area contributed by atoms with Crippen molar-refractivity contribution >= 4 is 15.9 Å². The number of sulfonamides is 1. The van der Waals surface area contributed by atoms with Gasteiger partial charge in [-0.15, -0.1) is 0 Å². The lowest BCUT2D eigenvalue weighted by Gasteiger charge is -2.45. The number of amides is 1. The minimum absolute atomic E-state index is 0.0645. The zero-order valence-corrected chi connectivity index (χ0v) is 18.3. The lowest BCUT2D eigenvalue weighted by Crippen LogP contribution is -2.58. The number of rotatable bonds is 5. The van der Waals surface area contributed by atoms with E-state index in [9.17, 15) is 18.4 Å². The summed E-state index contributed by atoms with van der Waals surface area (Å²) >= 11 is 0. The van der Waals surface area contributed by atoms with Gasteiger partial charge in [0, 0.05) is 6.54 Å². The second kappa shape index (κ2) is 9.28. The highest BCUT2D eigenvalue weighted by Gasteiger charge is 2.47. The fourth-order valence-corrected chi connectivity index (χ4v) is 6.51. The van der Waals surface area contributed by atoms with E-state index in [4.69, 9.17) is 10.00 Å². The van der Waals surface area contributed by atoms with E-state index < -0.39 is 22.0 Å². The Labute approximate surface area is 187 Å². The number of nitrogens with zero attached hydrogens (tertiary/aromatic N) is 2. The first-order valence-electron chi connectivity index (χ1n) is 10.7. The van der Waals surface area contributed by atoms with Gasteiger partial charge in [-0.2, -0.15) is 9.57 Å². The Bertz CT molecular complexity index is 1110. The molecule has 1 saturated carbocycles. The zero-order chi connectivity index (χ0) is 22.7. The maximum absolute atomic E-state index is 13.4. The lowest BCUT2D eigenvalue weighted by atomic mass is 9.71. The zero-order valence-electron chi connectivity index (χ0n) is 17.5. The minimum atomic E-state index is -3.95. The van der Waals surface area contributed by atoms with Crippen LogP contribution < -0.4 is 10.2 Å². The van der Waals surface area contributed by atoms with Crippen molar-refractivity contribution in [2.75, 3.05) is 6.54 Å². The number of nitriles is 1. The van der Waals surface area contributed by atoms with E-state index in [0.29, 0.717) is 29.4 Å². The van der Waals surface area contributed by atoms with Crippen molar-refractivity contribution < 1.29 is 23.2 Å². The van der Waals surface area contributed by atoms with E-state index in [1.54, 1.807) is 41.9 Å². The molecular formula is C23H25N3O5S. The summed E-state index contributed by atoms with van der Waals surface area (Å²) in [6.45, 7) is 0.241. The summed E-state index contributed by atoms with van der Waals surface area (Å²) in [6.07, 6.45) is 4.49. The van der Waals surface area contributed by atoms with Gasteiger partial charge in [0.15, 0.2) is 0 Å². The number of fused-ring (bicyclic) bond motifs is 1. The standard InChI is InChI=1S/C23H25N3O5S/c24-15-16-5-7-18(8-6-16)31-19-9-11-20(12-10-19)32(29,30)26-14-13-17-3-1-2-4-21(17)22(26)23(27)25-28/h5-12,17,21-22,28H,1-4,13-14H2,(H,25,27). The molecule has 2 aromatic carbocycles. The summed E-state index contributed by atoms with van der Waals surface area (Å²) in [5, 5.41) is 18.2. The Kier molecular flexibility index (Phi) is 6.46. The summed E-state index contributed by atoms with van der Waals surface area (Å²) < 4.78 is 33.8. The van der Waals surface area contributed by atoms with Crippen LogP contribution in [0.25, 0.3) is 0 Å². The second-order valence-electron chi connectivity index (χ2n) is 8.24. The van der Waals surface area contributed by atoms with E-state index in [1.807, 2.05) is 6.07 Å². The average Bonchev–Trinajstić information content (AvgIpc) is 2.83. The third kappa shape index (κ3) is 4.35. The molecule has 0 radical (unpaired) electrons. The molecule has 2 fully saturated rings. The van der Waals surface area contributed by atoms with Crippen LogP contribution in [0.3, 0.4) is 0 Å². The number of hydrogen-bond donors (Lipinski definition) is 2. The molecule has 1 saturated heterocycles. The molecule has 2 N–H and O–H groups in total. The number of ether oxygens (including phenoxy) is 1. The number of piperidine rings is 1. The predicted molar refractivity (Wildman–Crippen MR) is 115 cm³/mol. The van der Waals surface area contributed by atoms with E-state index in [0.717, 1.165) is 25.7 Å². The number of carbonyl (C=O) groups excluding carboxylic acids is 1. The molecule has 1 amide bonds. The number of hydroxylamine groups is 1. The van der Waals surface area contributed by atoms with Gasteiger partial charge in [-0.25, -0.2) is 13.9 Å². The summed E-state index contributed by atoms with van der Waals surface area (Å²) in [4.78, 5) is 12.6. The van der Waals surface area contributed by atoms with Gasteiger partial charge in [0.1, 0.15) is 17.5 Å². The summed E-state index contributed by atoms with van der Waals surface area (Å²) in [7, 11) is -3.95. The number of nitrogens with one attached hydrogen (secondary N) is 1. The van der Waals surface area contributed by atoms with Crippen LogP contribution in [0.5, 0.6) is 11.5 Å². The maximum atomic E-state index is 13.4. The van der Waals surface area contributed by atoms with Crippen molar-refractivity contribution in [3.8, 4) is 17.6 Å². The summed E-state index contributed by atoms with van der Waals surface area (Å²) in [6, 6.07) is 13.7.